The third-order valence-electron chi connectivity index (χ3n) is 2.17. The van der Waals surface area contributed by atoms with E-state index in [1.165, 1.54) is 0 Å². The highest BCUT2D eigenvalue weighted by molar-refractivity contribution is 5.76. The van der Waals surface area contributed by atoms with E-state index >= 15 is 0 Å². The van der Waals surface area contributed by atoms with Gasteiger partial charge in [-0.3, -0.25) is 4.79 Å². The first kappa shape index (κ1) is 13.5. The zero-order valence-electron chi connectivity index (χ0n) is 9.93. The monoisotopic (exact) mass is 238 g/mol. The van der Waals surface area contributed by atoms with Crippen LogP contribution < -0.4 is 11.1 Å². The van der Waals surface area contributed by atoms with Crippen LogP contribution in [0.3, 0.4) is 0 Å². The fraction of sp³-hybridized carbons (Fsp3) is 0.545. The Labute approximate surface area is 101 Å². The van der Waals surface area contributed by atoms with Gasteiger partial charge in [0.1, 0.15) is 0 Å². The van der Waals surface area contributed by atoms with Crippen molar-refractivity contribution in [1.29, 1.82) is 0 Å². The molecule has 6 heteroatoms. The summed E-state index contributed by atoms with van der Waals surface area (Å²) in [4.78, 5) is 11.6. The number of hydrogen-bond acceptors (Lipinski definition) is 5. The zero-order chi connectivity index (χ0) is 12.5. The summed E-state index contributed by atoms with van der Waals surface area (Å²) >= 11 is 0. The van der Waals surface area contributed by atoms with Crippen LogP contribution in [-0.4, -0.2) is 35.4 Å². The summed E-state index contributed by atoms with van der Waals surface area (Å²) in [6, 6.07) is 3.58. The lowest BCUT2D eigenvalue weighted by Crippen LogP contribution is -2.32. The van der Waals surface area contributed by atoms with Crippen LogP contribution in [0.4, 0.5) is 0 Å². The van der Waals surface area contributed by atoms with Gasteiger partial charge in [0.05, 0.1) is 24.8 Å². The van der Waals surface area contributed by atoms with Crippen LogP contribution in [0.25, 0.3) is 0 Å². The minimum absolute atomic E-state index is 0.0976. The second-order valence-electron chi connectivity index (χ2n) is 3.51. The quantitative estimate of drug-likeness (QED) is 0.689. The average molecular weight is 238 g/mol. The first-order valence-corrected chi connectivity index (χ1v) is 5.61. The Kier molecular flexibility index (Phi) is 6.13. The Balaban J connectivity index is 2.30. The molecule has 0 aromatic carbocycles. The molecule has 1 heterocycles. The van der Waals surface area contributed by atoms with Gasteiger partial charge in [-0.1, -0.05) is 0 Å². The Morgan fingerprint density at radius 2 is 2.47 bits per heavy atom. The second kappa shape index (κ2) is 7.70. The number of nitrogens with two attached hydrogens (primary N) is 1. The lowest BCUT2D eigenvalue weighted by molar-refractivity contribution is -0.123. The lowest BCUT2D eigenvalue weighted by atomic mass is 10.2. The predicted molar refractivity (Wildman–Crippen MR) is 63.0 cm³/mol. The number of carbonyl (C=O) groups is 1. The number of nitrogens with zero attached hydrogens (tertiary/aromatic N) is 2. The van der Waals surface area contributed by atoms with Gasteiger partial charge in [0, 0.05) is 19.3 Å². The molecule has 94 valence electrons. The molecule has 0 saturated carbocycles. The van der Waals surface area contributed by atoms with Gasteiger partial charge < -0.3 is 15.8 Å². The Morgan fingerprint density at radius 3 is 3.06 bits per heavy atom. The molecule has 0 bridgehead atoms. The van der Waals surface area contributed by atoms with E-state index in [1.807, 2.05) is 6.92 Å². The summed E-state index contributed by atoms with van der Waals surface area (Å²) in [5, 5.41) is 10.3. The molecule has 0 aliphatic carbocycles. The topological polar surface area (TPSA) is 90.1 Å². The van der Waals surface area contributed by atoms with Crippen LogP contribution in [0.15, 0.2) is 18.3 Å². The molecular weight excluding hydrogens is 220 g/mol. The van der Waals surface area contributed by atoms with Crippen molar-refractivity contribution in [2.24, 2.45) is 5.73 Å². The molecular formula is C11H18N4O2. The fourth-order valence-corrected chi connectivity index (χ4v) is 1.34. The number of hydrogen-bond donors (Lipinski definition) is 2. The van der Waals surface area contributed by atoms with Gasteiger partial charge in [-0.15, -0.1) is 0 Å². The maximum absolute atomic E-state index is 11.6. The van der Waals surface area contributed by atoms with E-state index in [2.05, 4.69) is 15.5 Å². The third kappa shape index (κ3) is 5.37. The van der Waals surface area contributed by atoms with Gasteiger partial charge in [-0.25, -0.2) is 0 Å². The number of amides is 1. The standard InChI is InChI=1S/C11H18N4O2/c1-2-17-10(7-12)6-11(16)13-8-9-4-3-5-14-15-9/h3-5,10H,2,6-8,12H2,1H3,(H,13,16). The molecule has 0 aliphatic rings. The normalized spacial score (nSPS) is 12.1. The van der Waals surface area contributed by atoms with Crippen molar-refractivity contribution >= 4 is 5.91 Å². The molecule has 1 unspecified atom stereocenters. The Morgan fingerprint density at radius 1 is 1.65 bits per heavy atom. The highest BCUT2D eigenvalue weighted by Crippen LogP contribution is 1.97. The molecule has 0 fully saturated rings. The van der Waals surface area contributed by atoms with E-state index in [9.17, 15) is 4.79 Å². The molecule has 0 radical (unpaired) electrons. The molecule has 17 heavy (non-hydrogen) atoms. The molecule has 1 atom stereocenters. The Bertz CT molecular complexity index is 332. The van der Waals surface area contributed by atoms with Crippen molar-refractivity contribution in [2.45, 2.75) is 26.0 Å². The molecule has 1 rings (SSSR count). The fourth-order valence-electron chi connectivity index (χ4n) is 1.34. The van der Waals surface area contributed by atoms with Crippen molar-refractivity contribution in [3.05, 3.63) is 24.0 Å². The van der Waals surface area contributed by atoms with E-state index in [4.69, 9.17) is 10.5 Å². The van der Waals surface area contributed by atoms with Crippen molar-refractivity contribution in [1.82, 2.24) is 15.5 Å². The van der Waals surface area contributed by atoms with Crippen molar-refractivity contribution in [2.75, 3.05) is 13.2 Å². The number of rotatable bonds is 7. The summed E-state index contributed by atoms with van der Waals surface area (Å²) < 4.78 is 5.30. The molecule has 0 saturated heterocycles. The van der Waals surface area contributed by atoms with E-state index in [-0.39, 0.29) is 18.4 Å². The van der Waals surface area contributed by atoms with Crippen molar-refractivity contribution < 1.29 is 9.53 Å². The maximum atomic E-state index is 11.6. The molecule has 3 N–H and O–H groups in total. The zero-order valence-corrected chi connectivity index (χ0v) is 9.93. The molecule has 0 spiro atoms. The molecule has 0 aliphatic heterocycles. The minimum atomic E-state index is -0.221. The minimum Gasteiger partial charge on any atom is -0.377 e. The van der Waals surface area contributed by atoms with Gasteiger partial charge in [0.2, 0.25) is 5.91 Å². The average Bonchev–Trinajstić information content (AvgIpc) is 2.37. The van der Waals surface area contributed by atoms with Gasteiger partial charge in [-0.2, -0.15) is 10.2 Å². The smallest absolute Gasteiger partial charge is 0.222 e. The summed E-state index contributed by atoms with van der Waals surface area (Å²) in [7, 11) is 0. The van der Waals surface area contributed by atoms with E-state index < -0.39 is 0 Å². The first-order chi connectivity index (χ1) is 8.26. The summed E-state index contributed by atoms with van der Waals surface area (Å²) in [5.41, 5.74) is 6.21. The van der Waals surface area contributed by atoms with Crippen LogP contribution in [0, 0.1) is 0 Å². The Hall–Kier alpha value is -1.53. The summed E-state index contributed by atoms with van der Waals surface area (Å²) in [6.45, 7) is 3.14. The third-order valence-corrected chi connectivity index (χ3v) is 2.17. The lowest BCUT2D eigenvalue weighted by Gasteiger charge is -2.14. The number of carbonyl (C=O) groups excluding carboxylic acids is 1. The summed E-state index contributed by atoms with van der Waals surface area (Å²) in [5.74, 6) is -0.0976. The second-order valence-corrected chi connectivity index (χ2v) is 3.51. The van der Waals surface area contributed by atoms with Gasteiger partial charge >= 0.3 is 0 Å². The summed E-state index contributed by atoms with van der Waals surface area (Å²) in [6.07, 6.45) is 1.64. The number of aromatic nitrogens is 2. The van der Waals surface area contributed by atoms with Gasteiger partial charge in [0.15, 0.2) is 0 Å². The van der Waals surface area contributed by atoms with Crippen LogP contribution in [-0.2, 0) is 16.1 Å². The highest BCUT2D eigenvalue weighted by Gasteiger charge is 2.11. The highest BCUT2D eigenvalue weighted by atomic mass is 16.5. The van der Waals surface area contributed by atoms with Crippen molar-refractivity contribution in [3.8, 4) is 0 Å². The van der Waals surface area contributed by atoms with Crippen LogP contribution >= 0.6 is 0 Å². The molecule has 1 aromatic rings. The van der Waals surface area contributed by atoms with Crippen LogP contribution in [0.2, 0.25) is 0 Å². The predicted octanol–water partition coefficient (Wildman–Crippen LogP) is -0.153. The molecule has 1 amide bonds. The van der Waals surface area contributed by atoms with E-state index in [0.29, 0.717) is 19.7 Å². The van der Waals surface area contributed by atoms with E-state index in [0.717, 1.165) is 5.69 Å². The van der Waals surface area contributed by atoms with Crippen LogP contribution in [0.1, 0.15) is 19.0 Å². The number of nitrogens with one attached hydrogen (secondary N) is 1. The van der Waals surface area contributed by atoms with Gasteiger partial charge in [-0.05, 0) is 19.1 Å². The molecule has 1 aromatic heterocycles. The van der Waals surface area contributed by atoms with Gasteiger partial charge in [0.25, 0.3) is 0 Å². The SMILES string of the molecule is CCOC(CN)CC(=O)NCc1cccnn1. The largest absolute Gasteiger partial charge is 0.377 e. The maximum Gasteiger partial charge on any atom is 0.222 e. The number of ether oxygens (including phenoxy) is 1. The first-order valence-electron chi connectivity index (χ1n) is 5.61. The molecule has 6 nitrogen and oxygen atoms in total. The van der Waals surface area contributed by atoms with Crippen molar-refractivity contribution in [3.63, 3.8) is 0 Å². The van der Waals surface area contributed by atoms with E-state index in [1.54, 1.807) is 18.3 Å². The van der Waals surface area contributed by atoms with Crippen LogP contribution in [0.5, 0.6) is 0 Å².